The summed E-state index contributed by atoms with van der Waals surface area (Å²) < 4.78 is 137. The van der Waals surface area contributed by atoms with E-state index in [0.717, 1.165) is 24.3 Å². The van der Waals surface area contributed by atoms with E-state index < -0.39 is 75.2 Å². The molecule has 106 valence electrons. The molecule has 19 heavy (non-hydrogen) atoms. The largest absolute Gasteiger partial charge is 0.508 e. The molecule has 1 saturated carbocycles. The van der Waals surface area contributed by atoms with Crippen LogP contribution >= 0.6 is 0 Å². The molecular weight excluding hydrogens is 238 g/mol. The molecule has 0 spiro atoms. The highest BCUT2D eigenvalue weighted by atomic mass is 16.3. The van der Waals surface area contributed by atoms with Crippen LogP contribution in [0.3, 0.4) is 0 Å². The van der Waals surface area contributed by atoms with Crippen molar-refractivity contribution in [3.63, 3.8) is 0 Å². The maximum Gasteiger partial charge on any atom is 0.115 e. The van der Waals surface area contributed by atoms with E-state index in [0.29, 0.717) is 0 Å². The van der Waals surface area contributed by atoms with Crippen LogP contribution in [0.25, 0.3) is 0 Å². The van der Waals surface area contributed by atoms with Gasteiger partial charge >= 0.3 is 0 Å². The molecule has 2 rings (SSSR count). The lowest BCUT2D eigenvalue weighted by atomic mass is 9.72. The van der Waals surface area contributed by atoms with Gasteiger partial charge in [-0.1, -0.05) is 31.3 Å². The third-order valence-corrected chi connectivity index (χ3v) is 2.58. The smallest absolute Gasteiger partial charge is 0.115 e. The Morgan fingerprint density at radius 3 is 2.53 bits per heavy atom. The minimum Gasteiger partial charge on any atom is -0.508 e. The van der Waals surface area contributed by atoms with E-state index in [1.807, 2.05) is 0 Å². The van der Waals surface area contributed by atoms with E-state index in [1.54, 1.807) is 0 Å². The van der Waals surface area contributed by atoms with Crippen molar-refractivity contribution in [1.29, 1.82) is 0 Å². The van der Waals surface area contributed by atoms with E-state index in [4.69, 9.17) is 23.3 Å². The fourth-order valence-electron chi connectivity index (χ4n) is 1.69. The fourth-order valence-corrected chi connectivity index (χ4v) is 1.69. The predicted molar refractivity (Wildman–Crippen MR) is 77.4 cm³/mol. The Morgan fingerprint density at radius 1 is 1.32 bits per heavy atom. The number of benzene rings is 1. The zero-order chi connectivity index (χ0) is 28.8. The van der Waals surface area contributed by atoms with Gasteiger partial charge in [-0.15, -0.1) is 0 Å². The summed E-state index contributed by atoms with van der Waals surface area (Å²) >= 11 is 0. The number of aromatic hydroxyl groups is 1. The molecule has 1 atom stereocenters. The minimum absolute atomic E-state index is 0.307. The lowest BCUT2D eigenvalue weighted by molar-refractivity contribution is -0.0277. The van der Waals surface area contributed by atoms with Gasteiger partial charge in [0.1, 0.15) is 5.75 Å². The minimum atomic E-state index is -4.27. The van der Waals surface area contributed by atoms with Crippen LogP contribution in [0.2, 0.25) is 0 Å². The van der Waals surface area contributed by atoms with Crippen molar-refractivity contribution < 1.29 is 33.5 Å². The summed E-state index contributed by atoms with van der Waals surface area (Å²) in [4.78, 5) is -0.307. The van der Waals surface area contributed by atoms with Crippen molar-refractivity contribution in [2.24, 2.45) is 0 Å². The summed E-state index contributed by atoms with van der Waals surface area (Å²) in [6, 6.07) is 3.34. The van der Waals surface area contributed by atoms with Gasteiger partial charge in [0.15, 0.2) is 0 Å². The van der Waals surface area contributed by atoms with Gasteiger partial charge < -0.3 is 15.1 Å². The molecule has 1 unspecified atom stereocenters. The topological polar surface area (TPSA) is 43.7 Å². The highest BCUT2D eigenvalue weighted by molar-refractivity contribution is 5.30. The standard InChI is InChI=1S/C16H25NO2/c1-17(2)12-15(13-6-8-14(18)9-7-13)16(19)10-4-3-5-11-16/h6-9,15,18-19H,3-5,10-12H2,1-2H3/i1D3,2D3,3D2,4D2,5D2,10D2,11D2,15D. The Bertz CT molecular complexity index is 940. The van der Waals surface area contributed by atoms with Gasteiger partial charge in [-0.05, 0) is 44.4 Å². The number of likely N-dealkylation sites (N-methyl/N-ethyl adjacent to an activating group) is 1. The molecule has 0 heterocycles. The van der Waals surface area contributed by atoms with Gasteiger partial charge in [-0.25, -0.2) is 0 Å². The first-order valence-electron chi connectivity index (χ1n) is 13.9. The molecule has 3 nitrogen and oxygen atoms in total. The molecule has 1 aromatic rings. The van der Waals surface area contributed by atoms with Gasteiger partial charge in [0, 0.05) is 35.7 Å². The van der Waals surface area contributed by atoms with Gasteiger partial charge in [0.25, 0.3) is 0 Å². The molecule has 1 aliphatic carbocycles. The zero-order valence-electron chi connectivity index (χ0n) is 26.9. The Kier molecular flexibility index (Phi) is 1.24. The van der Waals surface area contributed by atoms with Crippen LogP contribution < -0.4 is 0 Å². The van der Waals surface area contributed by atoms with Gasteiger partial charge in [-0.3, -0.25) is 0 Å². The van der Waals surface area contributed by atoms with E-state index in [9.17, 15) is 10.2 Å². The second-order valence-corrected chi connectivity index (χ2v) is 3.95. The lowest BCUT2D eigenvalue weighted by Crippen LogP contribution is -2.42. The molecule has 0 saturated heterocycles. The van der Waals surface area contributed by atoms with Crippen molar-refractivity contribution in [3.05, 3.63) is 29.8 Å². The van der Waals surface area contributed by atoms with Crippen LogP contribution in [-0.2, 0) is 0 Å². The number of hydrogen-bond acceptors (Lipinski definition) is 3. The lowest BCUT2D eigenvalue weighted by Gasteiger charge is -2.40. The molecule has 1 fully saturated rings. The van der Waals surface area contributed by atoms with Crippen molar-refractivity contribution in [2.75, 3.05) is 20.5 Å². The van der Waals surface area contributed by atoms with Crippen molar-refractivity contribution in [2.45, 2.75) is 43.4 Å². The first kappa shape index (κ1) is 3.99. The Hall–Kier alpha value is -1.06. The van der Waals surface area contributed by atoms with Crippen molar-refractivity contribution >= 4 is 0 Å². The molecular formula is C16H25NO2. The van der Waals surface area contributed by atoms with Crippen LogP contribution in [0.5, 0.6) is 5.75 Å². The molecule has 0 amide bonds. The van der Waals surface area contributed by atoms with Crippen LogP contribution in [0, 0.1) is 0 Å². The monoisotopic (exact) mass is 280 g/mol. The molecule has 1 aromatic carbocycles. The summed E-state index contributed by atoms with van der Waals surface area (Å²) in [5, 5.41) is 21.5. The number of nitrogens with zero attached hydrogens (tertiary/aromatic N) is 1. The highest BCUT2D eigenvalue weighted by Gasteiger charge is 2.38. The zero-order valence-corrected chi connectivity index (χ0v) is 9.86. The Morgan fingerprint density at radius 2 is 1.95 bits per heavy atom. The normalized spacial score (nSPS) is 49.9. The molecule has 1 aliphatic rings. The second-order valence-electron chi connectivity index (χ2n) is 3.95. The molecule has 3 heteroatoms. The average molecular weight is 280 g/mol. The molecule has 0 bridgehead atoms. The molecule has 0 radical (unpaired) electrons. The highest BCUT2D eigenvalue weighted by Crippen LogP contribution is 2.40. The predicted octanol–water partition coefficient (Wildman–Crippen LogP) is 2.73. The summed E-state index contributed by atoms with van der Waals surface area (Å²) in [5.41, 5.74) is -4.97. The third-order valence-electron chi connectivity index (χ3n) is 2.58. The average Bonchev–Trinajstić information content (AvgIpc) is 2.68. The first-order chi connectivity index (χ1) is 15.6. The quantitative estimate of drug-likeness (QED) is 0.891. The summed E-state index contributed by atoms with van der Waals surface area (Å²) in [7, 11) is 0. The van der Waals surface area contributed by atoms with E-state index in [2.05, 4.69) is 0 Å². The van der Waals surface area contributed by atoms with Gasteiger partial charge in [0.05, 0.1) is 5.60 Å². The van der Waals surface area contributed by atoms with Crippen LogP contribution in [0.1, 0.15) is 66.6 Å². The maximum atomic E-state index is 11.8. The van der Waals surface area contributed by atoms with E-state index in [1.165, 1.54) is 0 Å². The first-order valence-corrected chi connectivity index (χ1v) is 5.39. The van der Waals surface area contributed by atoms with E-state index in [-0.39, 0.29) is 4.90 Å². The molecule has 0 aliphatic heterocycles. The van der Waals surface area contributed by atoms with Crippen LogP contribution in [0.4, 0.5) is 0 Å². The van der Waals surface area contributed by atoms with Crippen LogP contribution in [-0.4, -0.2) is 41.2 Å². The fraction of sp³-hybridized carbons (Fsp3) is 0.625. The summed E-state index contributed by atoms with van der Waals surface area (Å²) in [5.74, 6) is -3.97. The summed E-state index contributed by atoms with van der Waals surface area (Å²) in [6.07, 6.45) is -20.4. The number of rotatable bonds is 4. The SMILES string of the molecule is [2H]C([2H])([2H])N(CC([2H])(c1ccc(O)cc1)C1(O)C([2H])([2H])C([2H])([2H])C([2H])([2H])C([2H])([2H])C1([2H])[2H])C([2H])([2H])[2H]. The maximum absolute atomic E-state index is 11.8. The molecule has 2 N–H and O–H groups in total. The van der Waals surface area contributed by atoms with E-state index >= 15 is 0 Å². The van der Waals surface area contributed by atoms with Gasteiger partial charge in [-0.2, -0.15) is 0 Å². The second kappa shape index (κ2) is 5.93. The van der Waals surface area contributed by atoms with Gasteiger partial charge in [0.2, 0.25) is 0 Å². The number of hydrogen-bond donors (Lipinski definition) is 2. The number of phenols is 1. The Labute approximate surface area is 139 Å². The molecule has 0 aromatic heterocycles. The Balaban J connectivity index is 3.10. The summed E-state index contributed by atoms with van der Waals surface area (Å²) in [6.45, 7) is -8.81. The number of phenolic OH excluding ortho intramolecular Hbond substituents is 1. The van der Waals surface area contributed by atoms with Crippen LogP contribution in [0.15, 0.2) is 24.3 Å². The van der Waals surface area contributed by atoms with Crippen molar-refractivity contribution in [3.8, 4) is 5.75 Å². The third kappa shape index (κ3) is 3.48. The van der Waals surface area contributed by atoms with Crippen molar-refractivity contribution in [1.82, 2.24) is 4.90 Å². The number of aliphatic hydroxyl groups is 1.